The van der Waals surface area contributed by atoms with Gasteiger partial charge in [0, 0.05) is 50.6 Å². The van der Waals surface area contributed by atoms with Crippen LogP contribution in [-0.2, 0) is 0 Å². The van der Waals surface area contributed by atoms with Gasteiger partial charge in [0.15, 0.2) is 5.82 Å². The molecule has 0 saturated heterocycles. The molecule has 0 fully saturated rings. The summed E-state index contributed by atoms with van der Waals surface area (Å²) in [6.07, 6.45) is 0. The zero-order valence-electron chi connectivity index (χ0n) is 44.2. The fraction of sp³-hybridized carbons (Fsp3) is 0. The van der Waals surface area contributed by atoms with E-state index >= 15 is 0 Å². The molecule has 0 N–H and O–H groups in total. The van der Waals surface area contributed by atoms with Crippen molar-refractivity contribution in [3.63, 3.8) is 0 Å². The van der Waals surface area contributed by atoms with Crippen LogP contribution in [0.1, 0.15) is 0 Å². The highest BCUT2D eigenvalue weighted by Gasteiger charge is 2.44. The summed E-state index contributed by atoms with van der Waals surface area (Å²) in [6.45, 7) is -0.117. The molecule has 0 spiro atoms. The summed E-state index contributed by atoms with van der Waals surface area (Å²) >= 11 is 0. The smallest absolute Gasteiger partial charge is 0.252 e. The lowest BCUT2D eigenvalue weighted by Gasteiger charge is -2.44. The number of anilines is 6. The monoisotopic (exact) mass is 1030 g/mol. The van der Waals surface area contributed by atoms with Gasteiger partial charge in [-0.05, 0) is 155 Å². The lowest BCUT2D eigenvalue weighted by Crippen LogP contribution is -2.61. The molecule has 3 heterocycles. The van der Waals surface area contributed by atoms with Crippen molar-refractivity contribution in [2.75, 3.05) is 9.80 Å². The first-order valence-electron chi connectivity index (χ1n) is 27.8. The number of nitrogens with zero attached hydrogens (tertiary/aromatic N) is 4. The van der Waals surface area contributed by atoms with Crippen LogP contribution in [0.3, 0.4) is 0 Å². The lowest BCUT2D eigenvalue weighted by atomic mass is 9.33. The molecule has 376 valence electrons. The van der Waals surface area contributed by atoms with Crippen molar-refractivity contribution in [2.24, 2.45) is 0 Å². The van der Waals surface area contributed by atoms with Gasteiger partial charge in [0.2, 0.25) is 0 Å². The van der Waals surface area contributed by atoms with Crippen molar-refractivity contribution in [1.82, 2.24) is 9.97 Å². The van der Waals surface area contributed by atoms with Crippen LogP contribution in [0.15, 0.2) is 297 Å². The summed E-state index contributed by atoms with van der Waals surface area (Å²) in [5.74, 6) is 0.651. The Morgan fingerprint density at radius 3 is 1.09 bits per heavy atom. The van der Waals surface area contributed by atoms with Crippen LogP contribution in [0, 0.1) is 0 Å². The Kier molecular flexibility index (Phi) is 11.0. The molecule has 2 aliphatic rings. The second-order valence-electron chi connectivity index (χ2n) is 21.3. The van der Waals surface area contributed by atoms with Gasteiger partial charge in [-0.1, -0.05) is 224 Å². The highest BCUT2D eigenvalue weighted by Crippen LogP contribution is 2.48. The van der Waals surface area contributed by atoms with E-state index in [1.54, 1.807) is 0 Å². The normalized spacial score (nSPS) is 12.4. The third-order valence-corrected chi connectivity index (χ3v) is 16.5. The molecular weight excluding hydrogens is 980 g/mol. The number of hydrogen-bond acceptors (Lipinski definition) is 4. The molecule has 2 aliphatic heterocycles. The Morgan fingerprint density at radius 1 is 0.259 bits per heavy atom. The number of para-hydroxylation sites is 1. The van der Waals surface area contributed by atoms with Crippen molar-refractivity contribution in [1.29, 1.82) is 0 Å². The maximum absolute atomic E-state index is 5.78. The van der Waals surface area contributed by atoms with Crippen LogP contribution in [0.2, 0.25) is 0 Å². The van der Waals surface area contributed by atoms with Crippen molar-refractivity contribution in [3.8, 4) is 67.2 Å². The number of hydrogen-bond donors (Lipinski definition) is 0. The molecule has 81 heavy (non-hydrogen) atoms. The van der Waals surface area contributed by atoms with E-state index < -0.39 is 0 Å². The number of benzene rings is 13. The molecule has 1 aromatic heterocycles. The molecule has 0 amide bonds. The molecule has 4 nitrogen and oxygen atoms in total. The molecule has 0 radical (unpaired) electrons. The predicted octanol–water partition coefficient (Wildman–Crippen LogP) is 18.0. The first-order valence-corrected chi connectivity index (χ1v) is 27.8. The van der Waals surface area contributed by atoms with E-state index in [2.05, 4.69) is 307 Å². The molecule has 0 unspecified atom stereocenters. The van der Waals surface area contributed by atoms with Crippen LogP contribution < -0.4 is 26.2 Å². The summed E-state index contributed by atoms with van der Waals surface area (Å²) in [6, 6.07) is 108. The van der Waals surface area contributed by atoms with Gasteiger partial charge in [-0.25, -0.2) is 9.97 Å². The predicted molar refractivity (Wildman–Crippen MR) is 341 cm³/mol. The van der Waals surface area contributed by atoms with Crippen molar-refractivity contribution >= 4 is 89.7 Å². The van der Waals surface area contributed by atoms with E-state index in [0.29, 0.717) is 5.82 Å². The summed E-state index contributed by atoms with van der Waals surface area (Å²) in [7, 11) is 0. The SMILES string of the molecule is c1ccc(-c2ccc(N3c4cc5ccccc5cc4B4c5cc6ccccc6cc5N(c5ccc(-c6ccccc6)cc5)c5cc(-c6nc(-c7cc(-c8ccccc8)cc(-c8ccccc8)c7)c7ccccc7n6)cc3c54)cc2)cc1. The van der Waals surface area contributed by atoms with Crippen molar-refractivity contribution in [2.45, 2.75) is 0 Å². The van der Waals surface area contributed by atoms with E-state index in [4.69, 9.17) is 9.97 Å². The summed E-state index contributed by atoms with van der Waals surface area (Å²) in [4.78, 5) is 16.4. The van der Waals surface area contributed by atoms with E-state index in [-0.39, 0.29) is 6.71 Å². The molecule has 0 bridgehead atoms. The van der Waals surface area contributed by atoms with Crippen LogP contribution in [0.5, 0.6) is 0 Å². The van der Waals surface area contributed by atoms with Gasteiger partial charge in [-0.2, -0.15) is 0 Å². The molecular formula is C76H49BN4. The number of aromatic nitrogens is 2. The van der Waals surface area contributed by atoms with E-state index in [9.17, 15) is 0 Å². The van der Waals surface area contributed by atoms with E-state index in [1.807, 2.05) is 0 Å². The average molecular weight is 1030 g/mol. The van der Waals surface area contributed by atoms with Gasteiger partial charge >= 0.3 is 0 Å². The van der Waals surface area contributed by atoms with Crippen LogP contribution >= 0.6 is 0 Å². The highest BCUT2D eigenvalue weighted by molar-refractivity contribution is 7.00. The topological polar surface area (TPSA) is 32.3 Å². The van der Waals surface area contributed by atoms with Gasteiger partial charge < -0.3 is 9.80 Å². The van der Waals surface area contributed by atoms with Crippen LogP contribution in [-0.4, -0.2) is 16.7 Å². The Morgan fingerprint density at radius 2 is 0.630 bits per heavy atom. The molecule has 0 saturated carbocycles. The Balaban J connectivity index is 0.991. The standard InChI is InChI=1S/C76H49BN4/c1-5-19-50(20-6-1)54-33-37-64(38-34-54)80-70-46-58-29-15-13-27-56(58)44-67(70)77-68-45-57-28-14-16-30-59(57)47-71(68)81(65-39-35-55(36-40-65)51-21-7-2-8-22-51)73-49-63(48-72(80)74(73)77)76-78-69-32-18-17-31-66(69)75(79-76)62-42-60(52-23-9-3-10-24-52)41-61(43-62)53-25-11-4-12-26-53/h1-49H. The van der Waals surface area contributed by atoms with E-state index in [0.717, 1.165) is 84.1 Å². The molecule has 5 heteroatoms. The second kappa shape index (κ2) is 19.1. The first-order chi connectivity index (χ1) is 40.1. The van der Waals surface area contributed by atoms with Crippen molar-refractivity contribution in [3.05, 3.63) is 297 Å². The van der Waals surface area contributed by atoms with Crippen LogP contribution in [0.25, 0.3) is 99.6 Å². The first kappa shape index (κ1) is 46.5. The van der Waals surface area contributed by atoms with Gasteiger partial charge in [-0.15, -0.1) is 0 Å². The Hall–Kier alpha value is -10.6. The highest BCUT2D eigenvalue weighted by atomic mass is 15.2. The summed E-state index contributed by atoms with van der Waals surface area (Å²) in [5.41, 5.74) is 23.3. The average Bonchev–Trinajstić information content (AvgIpc) is 3.47. The zero-order chi connectivity index (χ0) is 53.4. The lowest BCUT2D eigenvalue weighted by molar-refractivity contribution is 1.21. The number of rotatable bonds is 8. The van der Waals surface area contributed by atoms with E-state index in [1.165, 1.54) is 60.2 Å². The van der Waals surface area contributed by atoms with Crippen molar-refractivity contribution < 1.29 is 0 Å². The fourth-order valence-electron chi connectivity index (χ4n) is 12.7. The van der Waals surface area contributed by atoms with Gasteiger partial charge in [-0.3, -0.25) is 0 Å². The number of fused-ring (bicyclic) bond motifs is 7. The van der Waals surface area contributed by atoms with Gasteiger partial charge in [0.1, 0.15) is 0 Å². The Labute approximate surface area is 471 Å². The minimum absolute atomic E-state index is 0.117. The summed E-state index contributed by atoms with van der Waals surface area (Å²) < 4.78 is 0. The molecule has 16 rings (SSSR count). The summed E-state index contributed by atoms with van der Waals surface area (Å²) in [5, 5.41) is 5.79. The van der Waals surface area contributed by atoms with Gasteiger partial charge in [0.05, 0.1) is 11.2 Å². The van der Waals surface area contributed by atoms with Gasteiger partial charge in [0.25, 0.3) is 6.71 Å². The molecule has 0 aliphatic carbocycles. The second-order valence-corrected chi connectivity index (χ2v) is 21.3. The molecule has 0 atom stereocenters. The maximum atomic E-state index is 5.78. The molecule has 13 aromatic carbocycles. The maximum Gasteiger partial charge on any atom is 0.252 e. The third-order valence-electron chi connectivity index (χ3n) is 16.5. The largest absolute Gasteiger partial charge is 0.311 e. The third kappa shape index (κ3) is 8.01. The minimum atomic E-state index is -0.117. The quantitative estimate of drug-likeness (QED) is 0.142. The van der Waals surface area contributed by atoms with Crippen LogP contribution in [0.4, 0.5) is 34.1 Å². The zero-order valence-corrected chi connectivity index (χ0v) is 44.2. The Bertz CT molecular complexity index is 4490. The minimum Gasteiger partial charge on any atom is -0.311 e. The fourth-order valence-corrected chi connectivity index (χ4v) is 12.7. The molecule has 14 aromatic rings.